The SMILES string of the molecule is CC(C)C[C@H]1NC(=O)[C@H](C)N(C)C(=O)[C@H](CCC(N)=O)NC(=O)[C@H](Cc2ccc(-c3ccccc3)cc2)NC(=O)[C@H](CCc2ccccc2)NC(=O)[C@H](Cc2cccc(C(F)(F)F)c2)NC(=O)[C@H](CC(=O)O)NC(=O)[C@H](CCC(N)=O)NC(=O)[C@H]([C@@H](C)N)NC(=O)CSC[C@@H](C(=O)N[C@@H](CCN)C(N)=O)NC(=O)[C@H](CCCN)NC(=O)[C@H](C(C)C)NC(=O)[C@H](CC2CCCCC2)NC(=O)[C@H](CCN)NC1=O. The van der Waals surface area contributed by atoms with Crippen molar-refractivity contribution in [1.82, 2.24) is 79.3 Å². The van der Waals surface area contributed by atoms with Gasteiger partial charge in [0.25, 0.3) is 0 Å². The molecule has 16 atom stereocenters. The van der Waals surface area contributed by atoms with E-state index < -0.39 is 283 Å². The van der Waals surface area contributed by atoms with E-state index >= 15 is 24.0 Å². The highest BCUT2D eigenvalue weighted by Crippen LogP contribution is 2.31. The van der Waals surface area contributed by atoms with Crippen LogP contribution >= 0.6 is 11.8 Å². The third-order valence-corrected chi connectivity index (χ3v) is 24.9. The molecule has 4 aromatic carbocycles. The van der Waals surface area contributed by atoms with Crippen LogP contribution in [0.3, 0.4) is 0 Å². The second kappa shape index (κ2) is 58.1. The number of thioether (sulfide) groups is 1. The van der Waals surface area contributed by atoms with Crippen LogP contribution in [0.5, 0.6) is 0 Å². The van der Waals surface area contributed by atoms with Crippen molar-refractivity contribution >= 4 is 124 Å². The minimum atomic E-state index is -5.01. The van der Waals surface area contributed by atoms with E-state index in [1.165, 1.54) is 20.9 Å². The van der Waals surface area contributed by atoms with Gasteiger partial charge in [-0.15, -0.1) is 11.8 Å². The summed E-state index contributed by atoms with van der Waals surface area (Å²) in [6.07, 6.45) is -7.51. The molecular formula is C95H137F3N22O20S. The van der Waals surface area contributed by atoms with Gasteiger partial charge >= 0.3 is 12.1 Å². The number of carboxylic acids is 1. The van der Waals surface area contributed by atoms with Gasteiger partial charge in [-0.1, -0.05) is 163 Å². The highest BCUT2D eigenvalue weighted by atomic mass is 32.2. The van der Waals surface area contributed by atoms with E-state index in [1.54, 1.807) is 100 Å². The van der Waals surface area contributed by atoms with Gasteiger partial charge in [-0.05, 0) is 149 Å². The number of aryl methyl sites for hydroxylation is 1. The summed E-state index contributed by atoms with van der Waals surface area (Å²) in [5.74, 6) is -23.9. The van der Waals surface area contributed by atoms with E-state index in [1.807, 2.05) is 12.1 Å². The Balaban J connectivity index is 1.52. The van der Waals surface area contributed by atoms with Gasteiger partial charge in [0.15, 0.2) is 0 Å². The van der Waals surface area contributed by atoms with Crippen molar-refractivity contribution in [3.8, 4) is 11.1 Å². The minimum Gasteiger partial charge on any atom is -0.481 e. The molecule has 0 radical (unpaired) electrons. The number of alkyl halides is 3. The van der Waals surface area contributed by atoms with Gasteiger partial charge < -0.3 is 125 Å². The van der Waals surface area contributed by atoms with Crippen LogP contribution in [0.1, 0.15) is 173 Å². The van der Waals surface area contributed by atoms with Crippen LogP contribution in [0.2, 0.25) is 0 Å². The van der Waals surface area contributed by atoms with Crippen molar-refractivity contribution in [2.24, 2.45) is 57.9 Å². The Morgan fingerprint density at radius 1 is 0.482 bits per heavy atom. The second-order valence-electron chi connectivity index (χ2n) is 36.2. The maximum atomic E-state index is 15.5. The lowest BCUT2D eigenvalue weighted by Gasteiger charge is -2.32. The number of aliphatic carboxylic acids is 1. The topological polar surface area (TPSA) is 698 Å². The molecule has 29 N–H and O–H groups in total. The van der Waals surface area contributed by atoms with Crippen molar-refractivity contribution in [2.45, 2.75) is 273 Å². The van der Waals surface area contributed by atoms with Gasteiger partial charge in [-0.3, -0.25) is 91.1 Å². The van der Waals surface area contributed by atoms with Crippen LogP contribution in [0.25, 0.3) is 11.1 Å². The molecule has 1 saturated carbocycles. The summed E-state index contributed by atoms with van der Waals surface area (Å²) in [6, 6.07) is 0.406. The summed E-state index contributed by atoms with van der Waals surface area (Å²) >= 11 is 0.659. The van der Waals surface area contributed by atoms with Gasteiger partial charge in [0, 0.05) is 44.5 Å². The number of hydrogen-bond donors (Lipinski definition) is 22. The zero-order valence-electron chi connectivity index (χ0n) is 80.3. The van der Waals surface area contributed by atoms with Crippen LogP contribution in [0, 0.1) is 17.8 Å². The molecule has 1 aliphatic heterocycles. The molecule has 2 aliphatic rings. The standard InChI is InChI=1S/C95H137F3N22O20S/c1-51(2)43-68-86(132)108-66(39-42-101)85(131)114-70(45-56-21-13-9-14-22-56)90(136)119-78(52(3)4)92(138)109-63(27-18-40-99)82(128)117-73(91(137)106-62(38-41-100)80(105)126)49-141-50-76(123)118-79(53(5)102)93(139)110-65(34-36-74(103)121)84(130)116-72(48-77(124)125)89(135)115-71(47-58-23-17-26-61(44-58)95(96,97)98)87(133)107-64(33-30-55-19-11-8-12-20-55)83(129)113-69(46-57-28-31-60(32-29-57)59-24-15-10-16-25-59)88(134)111-67(35-37-75(104)122)94(140)120(7)54(6)81(127)112-68/h8,10-12,15-17,19-20,23-26,28-29,31-32,44,51-54,56,62-73,78-79H,9,13-14,18,21-22,27,30,33-43,45-50,99-102H2,1-7H3,(H2,103,121)(H2,104,122)(H2,105,126)(H,106,137)(H,107,133)(H,108,132)(H,109,138)(H,110,139)(H,111,134)(H,112,127)(H,113,129)(H,114,131)(H,115,135)(H,116,130)(H,117,128)(H,118,123)(H,119,136)(H,124,125)/t53-,54+,62+,63+,64+,65+,66+,67+,68-,69+,70+,71+,72+,73+,78+,79+/m1/s1. The van der Waals surface area contributed by atoms with Gasteiger partial charge in [-0.2, -0.15) is 13.2 Å². The molecule has 1 heterocycles. The number of carboxylic acid groups (broad SMARTS) is 1. The number of nitrogens with two attached hydrogens (primary N) is 7. The van der Waals surface area contributed by atoms with Crippen molar-refractivity contribution < 1.29 is 109 Å². The summed E-state index contributed by atoms with van der Waals surface area (Å²) in [6.45, 7) is 8.68. The first kappa shape index (κ1) is 117. The molecule has 2 fully saturated rings. The Hall–Kier alpha value is -13.2. The Bertz CT molecular complexity index is 4950. The number of amides is 18. The van der Waals surface area contributed by atoms with Crippen LogP contribution < -0.4 is 115 Å². The molecule has 18 amide bonds. The summed E-state index contributed by atoms with van der Waals surface area (Å²) < 4.78 is 43.6. The third kappa shape index (κ3) is 39.4. The zero-order valence-corrected chi connectivity index (χ0v) is 81.1. The van der Waals surface area contributed by atoms with Gasteiger partial charge in [0.2, 0.25) is 106 Å². The maximum absolute atomic E-state index is 15.5. The Labute approximate surface area is 820 Å². The average molecular weight is 2000 g/mol. The highest BCUT2D eigenvalue weighted by Gasteiger charge is 2.42. The number of benzene rings is 4. The molecule has 0 unspecified atom stereocenters. The molecule has 141 heavy (non-hydrogen) atoms. The number of nitrogens with zero attached hydrogens (tertiary/aromatic N) is 1. The number of likely N-dealkylation sites (N-methyl/N-ethyl adjacent to an activating group) is 1. The molecule has 1 aliphatic carbocycles. The first-order chi connectivity index (χ1) is 66.7. The number of primary amides is 3. The fourth-order valence-corrected chi connectivity index (χ4v) is 16.7. The summed E-state index contributed by atoms with van der Waals surface area (Å²) in [7, 11) is 1.18. The molecule has 0 bridgehead atoms. The number of halogens is 3. The maximum Gasteiger partial charge on any atom is 0.416 e. The first-order valence-corrected chi connectivity index (χ1v) is 48.2. The lowest BCUT2D eigenvalue weighted by atomic mass is 9.84. The van der Waals surface area contributed by atoms with Crippen molar-refractivity contribution in [3.63, 3.8) is 0 Å². The Kier molecular flexibility index (Phi) is 48.0. The zero-order chi connectivity index (χ0) is 104. The normalized spacial score (nSPS) is 23.9. The average Bonchev–Trinajstić information content (AvgIpc) is 0.828. The Morgan fingerprint density at radius 2 is 0.950 bits per heavy atom. The van der Waals surface area contributed by atoms with Gasteiger partial charge in [0.1, 0.15) is 90.6 Å². The quantitative estimate of drug-likeness (QED) is 0.0254. The fraction of sp³-hybridized carbons (Fsp3) is 0.547. The van der Waals surface area contributed by atoms with E-state index in [2.05, 4.69) is 74.4 Å². The number of carbonyl (C=O) groups excluding carboxylic acids is 18. The van der Waals surface area contributed by atoms with Crippen LogP contribution in [-0.4, -0.2) is 257 Å². The molecule has 1 saturated heterocycles. The van der Waals surface area contributed by atoms with E-state index in [9.17, 15) is 85.4 Å². The molecule has 6 rings (SSSR count). The van der Waals surface area contributed by atoms with Crippen LogP contribution in [0.4, 0.5) is 13.2 Å². The van der Waals surface area contributed by atoms with Gasteiger partial charge in [0.05, 0.1) is 17.7 Å². The Morgan fingerprint density at radius 3 is 1.49 bits per heavy atom. The second-order valence-corrected chi connectivity index (χ2v) is 37.2. The van der Waals surface area contributed by atoms with E-state index in [0.29, 0.717) is 53.4 Å². The monoisotopic (exact) mass is 2000 g/mol. The van der Waals surface area contributed by atoms with Gasteiger partial charge in [-0.25, -0.2) is 0 Å². The number of carbonyl (C=O) groups is 19. The molecule has 4 aromatic rings. The van der Waals surface area contributed by atoms with Crippen LogP contribution in [0.15, 0.2) is 109 Å². The first-order valence-electron chi connectivity index (χ1n) is 47.1. The van der Waals surface area contributed by atoms with E-state index in [0.717, 1.165) is 41.9 Å². The number of nitrogens with one attached hydrogen (secondary N) is 14. The molecule has 0 spiro atoms. The fourth-order valence-electron chi connectivity index (χ4n) is 15.9. The minimum absolute atomic E-state index is 0.0352. The van der Waals surface area contributed by atoms with E-state index in [4.69, 9.17) is 40.1 Å². The molecule has 46 heteroatoms. The molecule has 42 nitrogen and oxygen atoms in total. The summed E-state index contributed by atoms with van der Waals surface area (Å²) in [5, 5.41) is 45.9. The van der Waals surface area contributed by atoms with Crippen LogP contribution in [-0.2, 0) is 117 Å². The van der Waals surface area contributed by atoms with E-state index in [-0.39, 0.29) is 88.4 Å². The predicted molar refractivity (Wildman–Crippen MR) is 515 cm³/mol. The van der Waals surface area contributed by atoms with Crippen molar-refractivity contribution in [2.75, 3.05) is 38.2 Å². The smallest absolute Gasteiger partial charge is 0.416 e. The molecular weight excluding hydrogens is 1860 g/mol. The lowest BCUT2D eigenvalue weighted by Crippen LogP contribution is -2.62. The molecule has 0 aromatic heterocycles. The summed E-state index contributed by atoms with van der Waals surface area (Å²) in [4.78, 5) is 275. The van der Waals surface area contributed by atoms with Crippen molar-refractivity contribution in [1.29, 1.82) is 0 Å². The predicted octanol–water partition coefficient (Wildman–Crippen LogP) is -1.88. The summed E-state index contributed by atoms with van der Waals surface area (Å²) in [5.41, 5.74) is 41.8. The molecule has 774 valence electrons. The highest BCUT2D eigenvalue weighted by molar-refractivity contribution is 8.00. The third-order valence-electron chi connectivity index (χ3n) is 23.9. The van der Waals surface area contributed by atoms with Crippen molar-refractivity contribution in [3.05, 3.63) is 131 Å². The lowest BCUT2D eigenvalue weighted by molar-refractivity contribution is -0.143. The largest absolute Gasteiger partial charge is 0.481 e. The number of rotatable bonds is 32. The number of hydrogen-bond acceptors (Lipinski definition) is 24.